The van der Waals surface area contributed by atoms with Gasteiger partial charge in [-0.05, 0) is 37.3 Å². The fourth-order valence-corrected chi connectivity index (χ4v) is 5.60. The number of thioether (sulfide) groups is 1. The topological polar surface area (TPSA) is 42.4 Å². The van der Waals surface area contributed by atoms with Gasteiger partial charge in [-0.25, -0.2) is 0 Å². The number of carbonyl (C=O) groups excluding carboxylic acids is 1. The SMILES string of the molecule is O=C(c1cccnc1)N1CC2(C[C@H](OCC3CCCC3)CS2)C1. The molecule has 1 spiro atoms. The first-order chi connectivity index (χ1) is 11.2. The summed E-state index contributed by atoms with van der Waals surface area (Å²) in [5.41, 5.74) is 0.694. The number of rotatable bonds is 4. The van der Waals surface area contributed by atoms with Gasteiger partial charge in [-0.3, -0.25) is 9.78 Å². The lowest BCUT2D eigenvalue weighted by Crippen LogP contribution is -2.60. The zero-order chi connectivity index (χ0) is 15.7. The van der Waals surface area contributed by atoms with E-state index in [9.17, 15) is 4.79 Å². The number of hydrogen-bond acceptors (Lipinski definition) is 4. The van der Waals surface area contributed by atoms with Crippen molar-refractivity contribution in [2.75, 3.05) is 25.4 Å². The molecule has 0 bridgehead atoms. The Kier molecular flexibility index (Phi) is 4.33. The van der Waals surface area contributed by atoms with E-state index in [1.54, 1.807) is 12.4 Å². The molecule has 0 radical (unpaired) electrons. The molecule has 0 aromatic carbocycles. The van der Waals surface area contributed by atoms with Crippen LogP contribution in [0.3, 0.4) is 0 Å². The second-order valence-electron chi connectivity index (χ2n) is 7.21. The summed E-state index contributed by atoms with van der Waals surface area (Å²) in [5, 5.41) is 0. The van der Waals surface area contributed by atoms with Crippen molar-refractivity contribution in [3.8, 4) is 0 Å². The third kappa shape index (κ3) is 3.26. The van der Waals surface area contributed by atoms with Crippen LogP contribution in [-0.2, 0) is 4.74 Å². The maximum Gasteiger partial charge on any atom is 0.255 e. The highest BCUT2D eigenvalue weighted by Crippen LogP contribution is 2.46. The van der Waals surface area contributed by atoms with Gasteiger partial charge in [-0.15, -0.1) is 11.8 Å². The van der Waals surface area contributed by atoms with Crippen LogP contribution in [0.1, 0.15) is 42.5 Å². The minimum Gasteiger partial charge on any atom is -0.377 e. The van der Waals surface area contributed by atoms with Crippen molar-refractivity contribution in [3.05, 3.63) is 30.1 Å². The van der Waals surface area contributed by atoms with Crippen LogP contribution in [-0.4, -0.2) is 52.1 Å². The van der Waals surface area contributed by atoms with Crippen LogP contribution in [0.2, 0.25) is 0 Å². The second-order valence-corrected chi connectivity index (χ2v) is 8.69. The molecule has 124 valence electrons. The Hall–Kier alpha value is -1.07. The molecule has 1 atom stereocenters. The molecule has 1 aromatic rings. The minimum atomic E-state index is 0.111. The number of aromatic nitrogens is 1. The Morgan fingerprint density at radius 1 is 1.39 bits per heavy atom. The van der Waals surface area contributed by atoms with Crippen molar-refractivity contribution in [1.29, 1.82) is 0 Å². The lowest BCUT2D eigenvalue weighted by Gasteiger charge is -2.47. The molecule has 4 rings (SSSR count). The van der Waals surface area contributed by atoms with Gasteiger partial charge in [0.1, 0.15) is 0 Å². The fraction of sp³-hybridized carbons (Fsp3) is 0.667. The van der Waals surface area contributed by atoms with E-state index in [0.29, 0.717) is 11.7 Å². The number of amides is 1. The average molecular weight is 332 g/mol. The Labute approximate surface area is 142 Å². The standard InChI is InChI=1S/C18H24N2O2S/c21-17(15-6-3-7-19-9-15)20-12-18(13-20)8-16(11-23-18)22-10-14-4-1-2-5-14/h3,6-7,9,14,16H,1-2,4-5,8,10-13H2/t16-/m0/s1. The van der Waals surface area contributed by atoms with Crippen LogP contribution in [0.15, 0.2) is 24.5 Å². The van der Waals surface area contributed by atoms with E-state index in [-0.39, 0.29) is 10.7 Å². The Morgan fingerprint density at radius 2 is 2.22 bits per heavy atom. The van der Waals surface area contributed by atoms with Crippen LogP contribution in [0.4, 0.5) is 0 Å². The van der Waals surface area contributed by atoms with Gasteiger partial charge < -0.3 is 9.64 Å². The number of hydrogen-bond donors (Lipinski definition) is 0. The van der Waals surface area contributed by atoms with Crippen molar-refractivity contribution in [2.24, 2.45) is 5.92 Å². The monoisotopic (exact) mass is 332 g/mol. The minimum absolute atomic E-state index is 0.111. The van der Waals surface area contributed by atoms with Gasteiger partial charge >= 0.3 is 0 Å². The molecule has 0 unspecified atom stereocenters. The first kappa shape index (κ1) is 15.5. The van der Waals surface area contributed by atoms with E-state index >= 15 is 0 Å². The van der Waals surface area contributed by atoms with Crippen LogP contribution in [0.5, 0.6) is 0 Å². The third-order valence-electron chi connectivity index (χ3n) is 5.37. The molecule has 5 heteroatoms. The average Bonchev–Trinajstić information content (AvgIpc) is 3.21. The predicted octanol–water partition coefficient (Wildman–Crippen LogP) is 2.99. The van der Waals surface area contributed by atoms with E-state index in [2.05, 4.69) is 4.98 Å². The molecule has 3 heterocycles. The molecule has 3 aliphatic rings. The first-order valence-electron chi connectivity index (χ1n) is 8.69. The van der Waals surface area contributed by atoms with E-state index in [0.717, 1.165) is 37.8 Å². The van der Waals surface area contributed by atoms with Crippen LogP contribution in [0.25, 0.3) is 0 Å². The molecule has 3 fully saturated rings. The van der Waals surface area contributed by atoms with Crippen molar-refractivity contribution < 1.29 is 9.53 Å². The van der Waals surface area contributed by atoms with E-state index in [1.807, 2.05) is 28.8 Å². The molecule has 4 nitrogen and oxygen atoms in total. The largest absolute Gasteiger partial charge is 0.377 e. The van der Waals surface area contributed by atoms with E-state index in [1.165, 1.54) is 25.7 Å². The summed E-state index contributed by atoms with van der Waals surface area (Å²) >= 11 is 2.00. The molecule has 1 saturated carbocycles. The van der Waals surface area contributed by atoms with E-state index in [4.69, 9.17) is 4.74 Å². The Bertz CT molecular complexity index is 553. The zero-order valence-electron chi connectivity index (χ0n) is 13.4. The van der Waals surface area contributed by atoms with Gasteiger partial charge in [0.05, 0.1) is 16.4 Å². The molecular weight excluding hydrogens is 308 g/mol. The zero-order valence-corrected chi connectivity index (χ0v) is 14.3. The number of ether oxygens (including phenoxy) is 1. The van der Waals surface area contributed by atoms with E-state index < -0.39 is 0 Å². The second kappa shape index (κ2) is 6.44. The normalized spacial score (nSPS) is 26.6. The van der Waals surface area contributed by atoms with Gasteiger partial charge in [-0.1, -0.05) is 12.8 Å². The molecule has 1 amide bonds. The fourth-order valence-electron chi connectivity index (χ4n) is 4.04. The van der Waals surface area contributed by atoms with Crippen LogP contribution < -0.4 is 0 Å². The molecule has 0 N–H and O–H groups in total. The maximum atomic E-state index is 12.4. The summed E-state index contributed by atoms with van der Waals surface area (Å²) in [5.74, 6) is 1.99. The lowest BCUT2D eigenvalue weighted by atomic mass is 9.92. The Balaban J connectivity index is 1.25. The Morgan fingerprint density at radius 3 is 2.96 bits per heavy atom. The van der Waals surface area contributed by atoms with Crippen molar-refractivity contribution in [1.82, 2.24) is 9.88 Å². The van der Waals surface area contributed by atoms with Crippen LogP contribution in [0, 0.1) is 5.92 Å². The summed E-state index contributed by atoms with van der Waals surface area (Å²) in [6.07, 6.45) is 10.3. The van der Waals surface area contributed by atoms with Gasteiger partial charge in [0.25, 0.3) is 5.91 Å². The summed E-state index contributed by atoms with van der Waals surface area (Å²) in [4.78, 5) is 18.4. The summed E-state index contributed by atoms with van der Waals surface area (Å²) in [7, 11) is 0. The highest BCUT2D eigenvalue weighted by Gasteiger charge is 2.51. The van der Waals surface area contributed by atoms with Crippen molar-refractivity contribution in [2.45, 2.75) is 43.0 Å². The molecule has 2 saturated heterocycles. The van der Waals surface area contributed by atoms with Gasteiger partial charge in [0.2, 0.25) is 0 Å². The molecular formula is C18H24N2O2S. The highest BCUT2D eigenvalue weighted by atomic mass is 32.2. The number of nitrogens with zero attached hydrogens (tertiary/aromatic N) is 2. The van der Waals surface area contributed by atoms with Crippen molar-refractivity contribution in [3.63, 3.8) is 0 Å². The summed E-state index contributed by atoms with van der Waals surface area (Å²) in [6.45, 7) is 2.66. The number of carbonyl (C=O) groups is 1. The molecule has 2 aliphatic heterocycles. The summed E-state index contributed by atoms with van der Waals surface area (Å²) < 4.78 is 6.41. The first-order valence-corrected chi connectivity index (χ1v) is 9.68. The molecule has 1 aromatic heterocycles. The maximum absolute atomic E-state index is 12.4. The van der Waals surface area contributed by atoms with Gasteiger partial charge in [0.15, 0.2) is 0 Å². The van der Waals surface area contributed by atoms with Gasteiger partial charge in [-0.2, -0.15) is 0 Å². The molecule has 23 heavy (non-hydrogen) atoms. The lowest BCUT2D eigenvalue weighted by molar-refractivity contribution is 0.0197. The number of likely N-dealkylation sites (tertiary alicyclic amines) is 1. The smallest absolute Gasteiger partial charge is 0.255 e. The van der Waals surface area contributed by atoms with Crippen molar-refractivity contribution >= 4 is 17.7 Å². The van der Waals surface area contributed by atoms with Crippen LogP contribution >= 0.6 is 11.8 Å². The highest BCUT2D eigenvalue weighted by molar-refractivity contribution is 8.01. The quantitative estimate of drug-likeness (QED) is 0.850. The predicted molar refractivity (Wildman–Crippen MR) is 91.6 cm³/mol. The summed E-state index contributed by atoms with van der Waals surface area (Å²) in [6, 6.07) is 3.66. The molecule has 1 aliphatic carbocycles. The third-order valence-corrected chi connectivity index (χ3v) is 6.95. The number of pyridine rings is 1. The van der Waals surface area contributed by atoms with Gasteiger partial charge in [0, 0.05) is 37.8 Å².